The van der Waals surface area contributed by atoms with Gasteiger partial charge in [-0.05, 0) is 67.8 Å². The lowest BCUT2D eigenvalue weighted by molar-refractivity contribution is -0.122. The minimum Gasteiger partial charge on any atom is -0.368 e. The third-order valence-corrected chi connectivity index (χ3v) is 5.96. The number of aromatic nitrogens is 1. The van der Waals surface area contributed by atoms with E-state index in [1.807, 2.05) is 37.3 Å². The lowest BCUT2D eigenvalue weighted by atomic mass is 10.1. The van der Waals surface area contributed by atoms with Crippen LogP contribution in [-0.4, -0.2) is 40.2 Å². The van der Waals surface area contributed by atoms with Crippen molar-refractivity contribution in [1.29, 1.82) is 0 Å². The van der Waals surface area contributed by atoms with Crippen molar-refractivity contribution in [2.45, 2.75) is 32.4 Å². The molecule has 4 rings (SSSR count). The van der Waals surface area contributed by atoms with Gasteiger partial charge >= 0.3 is 0 Å². The molecule has 1 aliphatic rings. The van der Waals surface area contributed by atoms with Gasteiger partial charge in [0.05, 0.1) is 17.3 Å². The molecule has 0 bridgehead atoms. The van der Waals surface area contributed by atoms with Crippen LogP contribution in [0.4, 0.5) is 11.4 Å². The van der Waals surface area contributed by atoms with Crippen molar-refractivity contribution in [1.82, 2.24) is 9.88 Å². The standard InChI is InChI=1S/C26H27N5O3/c1-17-5-2-8-21(23(17)30-25(33)19-10-12-28-13-11-19)26(34)29-20-7-3-6-18(15-20)16-31-14-4-9-22(31)24(27)32/h2-3,5-8,10-13,15,22H,4,9,14,16H2,1H3,(H2,27,32)(H,29,34)(H,30,33). The van der Waals surface area contributed by atoms with E-state index in [0.29, 0.717) is 29.0 Å². The summed E-state index contributed by atoms with van der Waals surface area (Å²) in [6.07, 6.45) is 4.79. The van der Waals surface area contributed by atoms with Crippen LogP contribution in [0.1, 0.15) is 44.7 Å². The van der Waals surface area contributed by atoms with Crippen molar-refractivity contribution in [3.05, 3.63) is 89.2 Å². The lowest BCUT2D eigenvalue weighted by Gasteiger charge is -2.22. The van der Waals surface area contributed by atoms with Crippen LogP contribution in [0.15, 0.2) is 67.0 Å². The molecule has 1 fully saturated rings. The summed E-state index contributed by atoms with van der Waals surface area (Å²) in [7, 11) is 0. The Balaban J connectivity index is 1.50. The maximum Gasteiger partial charge on any atom is 0.257 e. The predicted molar refractivity (Wildman–Crippen MR) is 130 cm³/mol. The summed E-state index contributed by atoms with van der Waals surface area (Å²) in [4.78, 5) is 43.5. The summed E-state index contributed by atoms with van der Waals surface area (Å²) in [6.45, 7) is 3.23. The molecule has 8 heteroatoms. The van der Waals surface area contributed by atoms with Crippen LogP contribution in [0.5, 0.6) is 0 Å². The molecule has 4 N–H and O–H groups in total. The fourth-order valence-corrected chi connectivity index (χ4v) is 4.23. The number of nitrogens with two attached hydrogens (primary N) is 1. The van der Waals surface area contributed by atoms with E-state index in [1.54, 1.807) is 36.7 Å². The molecule has 0 spiro atoms. The molecule has 174 valence electrons. The number of amides is 3. The van der Waals surface area contributed by atoms with Gasteiger partial charge in [0, 0.05) is 30.2 Å². The summed E-state index contributed by atoms with van der Waals surface area (Å²) in [6, 6.07) is 15.8. The number of carbonyl (C=O) groups is 3. The van der Waals surface area contributed by atoms with Crippen molar-refractivity contribution < 1.29 is 14.4 Å². The molecule has 2 heterocycles. The number of pyridine rings is 1. The van der Waals surface area contributed by atoms with E-state index in [-0.39, 0.29) is 23.8 Å². The molecule has 1 atom stereocenters. The maximum absolute atomic E-state index is 13.2. The monoisotopic (exact) mass is 457 g/mol. The Kier molecular flexibility index (Phi) is 6.98. The normalized spacial score (nSPS) is 15.6. The highest BCUT2D eigenvalue weighted by Gasteiger charge is 2.28. The third kappa shape index (κ3) is 5.29. The molecular weight excluding hydrogens is 430 g/mol. The highest BCUT2D eigenvalue weighted by molar-refractivity contribution is 6.13. The average molecular weight is 458 g/mol. The summed E-state index contributed by atoms with van der Waals surface area (Å²) in [5.74, 6) is -0.952. The van der Waals surface area contributed by atoms with Gasteiger partial charge in [-0.2, -0.15) is 0 Å². The SMILES string of the molecule is Cc1cccc(C(=O)Nc2cccc(CN3CCCC3C(N)=O)c2)c1NC(=O)c1ccncc1. The number of anilines is 2. The second-order valence-corrected chi connectivity index (χ2v) is 8.37. The van der Waals surface area contributed by atoms with Crippen LogP contribution < -0.4 is 16.4 Å². The number of nitrogens with zero attached hydrogens (tertiary/aromatic N) is 2. The molecular formula is C26H27N5O3. The smallest absolute Gasteiger partial charge is 0.257 e. The zero-order valence-corrected chi connectivity index (χ0v) is 19.0. The van der Waals surface area contributed by atoms with E-state index in [0.717, 1.165) is 30.5 Å². The molecule has 34 heavy (non-hydrogen) atoms. The third-order valence-electron chi connectivity index (χ3n) is 5.96. The quantitative estimate of drug-likeness (QED) is 0.503. The highest BCUT2D eigenvalue weighted by atomic mass is 16.2. The Morgan fingerprint density at radius 2 is 1.79 bits per heavy atom. The number of para-hydroxylation sites is 1. The molecule has 3 aromatic rings. The van der Waals surface area contributed by atoms with E-state index in [1.165, 1.54) is 0 Å². The van der Waals surface area contributed by atoms with Crippen molar-refractivity contribution in [3.63, 3.8) is 0 Å². The molecule has 3 amide bonds. The molecule has 0 saturated carbocycles. The zero-order valence-electron chi connectivity index (χ0n) is 19.0. The number of carbonyl (C=O) groups excluding carboxylic acids is 3. The summed E-state index contributed by atoms with van der Waals surface area (Å²) < 4.78 is 0. The van der Waals surface area contributed by atoms with Crippen LogP contribution in [0.25, 0.3) is 0 Å². The van der Waals surface area contributed by atoms with Gasteiger partial charge in [-0.3, -0.25) is 24.3 Å². The average Bonchev–Trinajstić information content (AvgIpc) is 3.29. The second kappa shape index (κ2) is 10.3. The van der Waals surface area contributed by atoms with Crippen molar-refractivity contribution >= 4 is 29.1 Å². The Bertz CT molecular complexity index is 1210. The Labute approximate surface area is 198 Å². The van der Waals surface area contributed by atoms with Gasteiger partial charge in [-0.15, -0.1) is 0 Å². The summed E-state index contributed by atoms with van der Waals surface area (Å²) >= 11 is 0. The number of aryl methyl sites for hydroxylation is 1. The van der Waals surface area contributed by atoms with Crippen LogP contribution >= 0.6 is 0 Å². The van der Waals surface area contributed by atoms with Crippen LogP contribution in [0.3, 0.4) is 0 Å². The van der Waals surface area contributed by atoms with Crippen molar-refractivity contribution in [2.24, 2.45) is 5.73 Å². The first-order valence-electron chi connectivity index (χ1n) is 11.2. The Morgan fingerprint density at radius 3 is 2.56 bits per heavy atom. The molecule has 0 aliphatic carbocycles. The molecule has 1 saturated heterocycles. The first-order chi connectivity index (χ1) is 16.4. The van der Waals surface area contributed by atoms with Crippen molar-refractivity contribution in [2.75, 3.05) is 17.2 Å². The minimum atomic E-state index is -0.331. The molecule has 1 unspecified atom stereocenters. The zero-order chi connectivity index (χ0) is 24.1. The second-order valence-electron chi connectivity index (χ2n) is 8.37. The molecule has 1 aliphatic heterocycles. The number of likely N-dealkylation sites (tertiary alicyclic amines) is 1. The largest absolute Gasteiger partial charge is 0.368 e. The molecule has 1 aromatic heterocycles. The van der Waals surface area contributed by atoms with E-state index in [4.69, 9.17) is 5.73 Å². The summed E-state index contributed by atoms with van der Waals surface area (Å²) in [5, 5.41) is 5.79. The highest BCUT2D eigenvalue weighted by Crippen LogP contribution is 2.24. The Hall–Kier alpha value is -4.04. The van der Waals surface area contributed by atoms with Gasteiger partial charge in [0.1, 0.15) is 0 Å². The number of primary amides is 1. The summed E-state index contributed by atoms with van der Waals surface area (Å²) in [5.41, 5.74) is 9.18. The van der Waals surface area contributed by atoms with Crippen LogP contribution in [-0.2, 0) is 11.3 Å². The van der Waals surface area contributed by atoms with Gasteiger partial charge in [0.2, 0.25) is 5.91 Å². The van der Waals surface area contributed by atoms with Gasteiger partial charge < -0.3 is 16.4 Å². The number of hydrogen-bond donors (Lipinski definition) is 3. The fraction of sp³-hybridized carbons (Fsp3) is 0.231. The van der Waals surface area contributed by atoms with Crippen LogP contribution in [0, 0.1) is 6.92 Å². The van der Waals surface area contributed by atoms with Gasteiger partial charge in [-0.25, -0.2) is 0 Å². The fourth-order valence-electron chi connectivity index (χ4n) is 4.23. The minimum absolute atomic E-state index is 0.253. The topological polar surface area (TPSA) is 117 Å². The number of hydrogen-bond acceptors (Lipinski definition) is 5. The lowest BCUT2D eigenvalue weighted by Crippen LogP contribution is -2.39. The molecule has 0 radical (unpaired) electrons. The number of nitrogens with one attached hydrogen (secondary N) is 2. The van der Waals surface area contributed by atoms with Crippen molar-refractivity contribution in [3.8, 4) is 0 Å². The Morgan fingerprint density at radius 1 is 1.03 bits per heavy atom. The van der Waals surface area contributed by atoms with Gasteiger partial charge in [0.15, 0.2) is 0 Å². The van der Waals surface area contributed by atoms with E-state index < -0.39 is 0 Å². The molecule has 2 aromatic carbocycles. The van der Waals surface area contributed by atoms with E-state index in [9.17, 15) is 14.4 Å². The molecule has 8 nitrogen and oxygen atoms in total. The van der Waals surface area contributed by atoms with E-state index in [2.05, 4.69) is 20.5 Å². The number of rotatable bonds is 7. The van der Waals surface area contributed by atoms with Gasteiger partial charge in [-0.1, -0.05) is 24.3 Å². The van der Waals surface area contributed by atoms with Crippen LogP contribution in [0.2, 0.25) is 0 Å². The first kappa shape index (κ1) is 23.1. The first-order valence-corrected chi connectivity index (χ1v) is 11.2. The van der Waals surface area contributed by atoms with E-state index >= 15 is 0 Å². The van der Waals surface area contributed by atoms with Gasteiger partial charge in [0.25, 0.3) is 11.8 Å². The number of benzene rings is 2. The maximum atomic E-state index is 13.2. The predicted octanol–water partition coefficient (Wildman–Crippen LogP) is 3.34.